The minimum Gasteiger partial charge on any atom is -0.399 e. The topological polar surface area (TPSA) is 43.0 Å². The molecule has 3 N–H and O–H groups in total. The fraction of sp³-hybridized carbons (Fsp3) is 0.176. The van der Waals surface area contributed by atoms with Crippen LogP contribution >= 0.6 is 0 Å². The van der Waals surface area contributed by atoms with Crippen LogP contribution in [0, 0.1) is 0 Å². The van der Waals surface area contributed by atoms with Gasteiger partial charge in [-0.15, -0.1) is 0 Å². The van der Waals surface area contributed by atoms with E-state index in [4.69, 9.17) is 5.73 Å². The van der Waals surface area contributed by atoms with Gasteiger partial charge in [0, 0.05) is 42.9 Å². The first-order valence-electron chi connectivity index (χ1n) is 6.82. The zero-order valence-electron chi connectivity index (χ0n) is 11.6. The third-order valence-electron chi connectivity index (χ3n) is 3.60. The first kappa shape index (κ1) is 12.8. The first-order valence-corrected chi connectivity index (χ1v) is 6.82. The molecule has 2 aromatic carbocycles. The van der Waals surface area contributed by atoms with Crippen LogP contribution in [0.25, 0.3) is 10.9 Å². The SMILES string of the molecule is Cn1cc(CNCc2ccc(N)cc2)c2ccccc21. The number of nitrogens with zero attached hydrogens (tertiary/aromatic N) is 1. The number of nitrogen functional groups attached to an aromatic ring is 1. The van der Waals surface area contributed by atoms with Crippen molar-refractivity contribution in [1.82, 2.24) is 9.88 Å². The molecule has 0 saturated carbocycles. The molecule has 1 aromatic heterocycles. The van der Waals surface area contributed by atoms with Gasteiger partial charge < -0.3 is 15.6 Å². The molecule has 3 heteroatoms. The Bertz CT molecular complexity index is 711. The molecule has 0 aliphatic heterocycles. The van der Waals surface area contributed by atoms with Gasteiger partial charge in [-0.05, 0) is 29.3 Å². The highest BCUT2D eigenvalue weighted by molar-refractivity contribution is 5.83. The van der Waals surface area contributed by atoms with Crippen molar-refractivity contribution in [2.24, 2.45) is 7.05 Å². The summed E-state index contributed by atoms with van der Waals surface area (Å²) in [6.45, 7) is 1.72. The standard InChI is InChI=1S/C17H19N3/c1-20-12-14(16-4-2-3-5-17(16)20)11-19-10-13-6-8-15(18)9-7-13/h2-9,12,19H,10-11,18H2,1H3. The van der Waals surface area contributed by atoms with Gasteiger partial charge in [0.25, 0.3) is 0 Å². The van der Waals surface area contributed by atoms with E-state index in [1.54, 1.807) is 0 Å². The molecule has 3 rings (SSSR count). The van der Waals surface area contributed by atoms with E-state index < -0.39 is 0 Å². The Balaban J connectivity index is 1.70. The molecule has 0 aliphatic rings. The van der Waals surface area contributed by atoms with Crippen LogP contribution < -0.4 is 11.1 Å². The van der Waals surface area contributed by atoms with E-state index in [9.17, 15) is 0 Å². The molecule has 0 radical (unpaired) electrons. The van der Waals surface area contributed by atoms with Crippen molar-refractivity contribution < 1.29 is 0 Å². The Kier molecular flexibility index (Phi) is 3.44. The predicted molar refractivity (Wildman–Crippen MR) is 84.3 cm³/mol. The lowest BCUT2D eigenvalue weighted by atomic mass is 10.1. The number of para-hydroxylation sites is 1. The van der Waals surface area contributed by atoms with Crippen molar-refractivity contribution in [3.8, 4) is 0 Å². The van der Waals surface area contributed by atoms with Crippen molar-refractivity contribution in [3.05, 3.63) is 65.9 Å². The van der Waals surface area contributed by atoms with Gasteiger partial charge in [-0.1, -0.05) is 30.3 Å². The lowest BCUT2D eigenvalue weighted by molar-refractivity contribution is 0.694. The van der Waals surface area contributed by atoms with Crippen LogP contribution in [0.4, 0.5) is 5.69 Å². The normalized spacial score (nSPS) is 11.1. The molecule has 0 spiro atoms. The molecule has 1 heterocycles. The third-order valence-corrected chi connectivity index (χ3v) is 3.60. The van der Waals surface area contributed by atoms with Gasteiger partial charge in [0.1, 0.15) is 0 Å². The number of hydrogen-bond donors (Lipinski definition) is 2. The highest BCUT2D eigenvalue weighted by Gasteiger charge is 2.05. The summed E-state index contributed by atoms with van der Waals surface area (Å²) < 4.78 is 2.18. The summed E-state index contributed by atoms with van der Waals surface area (Å²) in [5.74, 6) is 0. The quantitative estimate of drug-likeness (QED) is 0.712. The van der Waals surface area contributed by atoms with Crippen molar-refractivity contribution >= 4 is 16.6 Å². The van der Waals surface area contributed by atoms with Gasteiger partial charge in [-0.25, -0.2) is 0 Å². The van der Waals surface area contributed by atoms with Crippen molar-refractivity contribution in [1.29, 1.82) is 0 Å². The summed E-state index contributed by atoms with van der Waals surface area (Å²) in [6.07, 6.45) is 2.20. The number of rotatable bonds is 4. The number of nitrogens with one attached hydrogen (secondary N) is 1. The molecule has 0 fully saturated rings. The third kappa shape index (κ3) is 2.53. The van der Waals surface area contributed by atoms with E-state index in [-0.39, 0.29) is 0 Å². The Labute approximate surface area is 119 Å². The molecule has 20 heavy (non-hydrogen) atoms. The number of hydrogen-bond acceptors (Lipinski definition) is 2. The summed E-state index contributed by atoms with van der Waals surface area (Å²) >= 11 is 0. The van der Waals surface area contributed by atoms with E-state index in [1.165, 1.54) is 22.0 Å². The maximum absolute atomic E-state index is 5.69. The molecule has 0 unspecified atom stereocenters. The van der Waals surface area contributed by atoms with E-state index >= 15 is 0 Å². The van der Waals surface area contributed by atoms with Crippen LogP contribution in [0.2, 0.25) is 0 Å². The van der Waals surface area contributed by atoms with Gasteiger partial charge in [-0.3, -0.25) is 0 Å². The smallest absolute Gasteiger partial charge is 0.0481 e. The Morgan fingerprint density at radius 1 is 1.00 bits per heavy atom. The van der Waals surface area contributed by atoms with Gasteiger partial charge in [0.15, 0.2) is 0 Å². The Morgan fingerprint density at radius 3 is 2.55 bits per heavy atom. The zero-order chi connectivity index (χ0) is 13.9. The van der Waals surface area contributed by atoms with E-state index in [2.05, 4.69) is 59.5 Å². The molecule has 3 aromatic rings. The average Bonchev–Trinajstić information content (AvgIpc) is 2.79. The molecular weight excluding hydrogens is 246 g/mol. The van der Waals surface area contributed by atoms with Crippen molar-refractivity contribution in [2.75, 3.05) is 5.73 Å². The lowest BCUT2D eigenvalue weighted by Gasteiger charge is -2.04. The van der Waals surface area contributed by atoms with Crippen LogP contribution in [0.1, 0.15) is 11.1 Å². The van der Waals surface area contributed by atoms with Crippen LogP contribution in [-0.4, -0.2) is 4.57 Å². The second-order valence-electron chi connectivity index (χ2n) is 5.13. The van der Waals surface area contributed by atoms with Gasteiger partial charge in [0.05, 0.1) is 0 Å². The number of fused-ring (bicyclic) bond motifs is 1. The lowest BCUT2D eigenvalue weighted by Crippen LogP contribution is -2.12. The summed E-state index contributed by atoms with van der Waals surface area (Å²) in [6, 6.07) is 16.5. The number of nitrogens with two attached hydrogens (primary N) is 1. The second kappa shape index (κ2) is 5.39. The molecule has 102 valence electrons. The fourth-order valence-electron chi connectivity index (χ4n) is 2.54. The van der Waals surface area contributed by atoms with Crippen LogP contribution in [0.3, 0.4) is 0 Å². The number of aromatic nitrogens is 1. The number of benzene rings is 2. The first-order chi connectivity index (χ1) is 9.74. The molecule has 0 aliphatic carbocycles. The Morgan fingerprint density at radius 2 is 1.75 bits per heavy atom. The monoisotopic (exact) mass is 265 g/mol. The number of aryl methyl sites for hydroxylation is 1. The van der Waals surface area contributed by atoms with Crippen molar-refractivity contribution in [3.63, 3.8) is 0 Å². The summed E-state index contributed by atoms with van der Waals surface area (Å²) in [7, 11) is 2.09. The van der Waals surface area contributed by atoms with Gasteiger partial charge in [-0.2, -0.15) is 0 Å². The molecule has 3 nitrogen and oxygen atoms in total. The van der Waals surface area contributed by atoms with E-state index in [1.807, 2.05) is 12.1 Å². The van der Waals surface area contributed by atoms with Crippen LogP contribution in [0.15, 0.2) is 54.7 Å². The predicted octanol–water partition coefficient (Wildman–Crippen LogP) is 3.05. The summed E-state index contributed by atoms with van der Waals surface area (Å²) in [4.78, 5) is 0. The molecule has 0 bridgehead atoms. The zero-order valence-corrected chi connectivity index (χ0v) is 11.6. The highest BCUT2D eigenvalue weighted by Crippen LogP contribution is 2.20. The molecular formula is C17H19N3. The van der Waals surface area contributed by atoms with E-state index in [0.29, 0.717) is 0 Å². The van der Waals surface area contributed by atoms with Crippen LogP contribution in [-0.2, 0) is 20.1 Å². The van der Waals surface area contributed by atoms with E-state index in [0.717, 1.165) is 18.8 Å². The van der Waals surface area contributed by atoms with Gasteiger partial charge in [0.2, 0.25) is 0 Å². The largest absolute Gasteiger partial charge is 0.399 e. The molecule has 0 saturated heterocycles. The summed E-state index contributed by atoms with van der Waals surface area (Å²) in [5.41, 5.74) is 10.4. The highest BCUT2D eigenvalue weighted by atomic mass is 14.9. The maximum atomic E-state index is 5.69. The summed E-state index contributed by atoms with van der Waals surface area (Å²) in [5, 5.41) is 4.81. The van der Waals surface area contributed by atoms with Crippen molar-refractivity contribution in [2.45, 2.75) is 13.1 Å². The molecule has 0 atom stereocenters. The Hall–Kier alpha value is -2.26. The minimum absolute atomic E-state index is 0.808. The maximum Gasteiger partial charge on any atom is 0.0481 e. The minimum atomic E-state index is 0.808. The fourth-order valence-corrected chi connectivity index (χ4v) is 2.54. The van der Waals surface area contributed by atoms with Gasteiger partial charge >= 0.3 is 0 Å². The second-order valence-corrected chi connectivity index (χ2v) is 5.13. The average molecular weight is 265 g/mol. The van der Waals surface area contributed by atoms with Crippen LogP contribution in [0.5, 0.6) is 0 Å². The number of anilines is 1. The molecule has 0 amide bonds.